The van der Waals surface area contributed by atoms with Crippen molar-refractivity contribution in [1.82, 2.24) is 14.5 Å². The van der Waals surface area contributed by atoms with E-state index < -0.39 is 10.0 Å². The van der Waals surface area contributed by atoms with Gasteiger partial charge < -0.3 is 0 Å². The molecule has 0 radical (unpaired) electrons. The average molecular weight is 424 g/mol. The molecular formula is C19H19Cl2N3O2S. The van der Waals surface area contributed by atoms with Crippen molar-refractivity contribution in [2.45, 2.75) is 26.1 Å². The summed E-state index contributed by atoms with van der Waals surface area (Å²) in [7, 11) is -3.54. The predicted molar refractivity (Wildman–Crippen MR) is 109 cm³/mol. The monoisotopic (exact) mass is 423 g/mol. The quantitative estimate of drug-likeness (QED) is 0.638. The van der Waals surface area contributed by atoms with Crippen molar-refractivity contribution >= 4 is 33.2 Å². The number of sulfonamides is 1. The van der Waals surface area contributed by atoms with Crippen LogP contribution < -0.4 is 4.72 Å². The minimum Gasteiger partial charge on any atom is -0.238 e. The molecule has 1 aromatic heterocycles. The van der Waals surface area contributed by atoms with Crippen LogP contribution in [0.3, 0.4) is 0 Å². The Bertz CT molecular complexity index is 1060. The van der Waals surface area contributed by atoms with Crippen molar-refractivity contribution < 1.29 is 8.42 Å². The van der Waals surface area contributed by atoms with E-state index >= 15 is 0 Å². The Morgan fingerprint density at radius 1 is 1.04 bits per heavy atom. The third-order valence-electron chi connectivity index (χ3n) is 4.25. The Morgan fingerprint density at radius 3 is 2.41 bits per heavy atom. The van der Waals surface area contributed by atoms with Gasteiger partial charge in [-0.2, -0.15) is 5.10 Å². The lowest BCUT2D eigenvalue weighted by Gasteiger charge is -2.09. The highest BCUT2D eigenvalue weighted by Crippen LogP contribution is 2.23. The molecule has 0 aliphatic rings. The Kier molecular flexibility index (Phi) is 5.91. The fraction of sp³-hybridized carbons (Fsp3) is 0.211. The molecule has 8 heteroatoms. The van der Waals surface area contributed by atoms with E-state index in [1.54, 1.807) is 18.2 Å². The topological polar surface area (TPSA) is 64.0 Å². The first-order valence-corrected chi connectivity index (χ1v) is 10.7. The first-order valence-electron chi connectivity index (χ1n) is 8.28. The number of nitrogens with one attached hydrogen (secondary N) is 1. The molecule has 0 spiro atoms. The lowest BCUT2D eigenvalue weighted by molar-refractivity contribution is 0.580. The molecule has 3 aromatic rings. The molecule has 0 aliphatic carbocycles. The van der Waals surface area contributed by atoms with Crippen LogP contribution in [0.1, 0.15) is 22.5 Å². The first-order chi connectivity index (χ1) is 12.8. The van der Waals surface area contributed by atoms with Crippen molar-refractivity contribution in [3.63, 3.8) is 0 Å². The van der Waals surface area contributed by atoms with Crippen LogP contribution in [0.25, 0.3) is 5.69 Å². The van der Waals surface area contributed by atoms with Crippen LogP contribution in [0, 0.1) is 13.8 Å². The Morgan fingerprint density at radius 2 is 1.74 bits per heavy atom. The summed E-state index contributed by atoms with van der Waals surface area (Å²) in [6.07, 6.45) is 0. The van der Waals surface area contributed by atoms with Crippen molar-refractivity contribution in [3.8, 4) is 5.69 Å². The molecule has 0 saturated heterocycles. The second kappa shape index (κ2) is 8.02. The summed E-state index contributed by atoms with van der Waals surface area (Å²) in [5.41, 5.74) is 4.05. The standard InChI is InChI=1S/C19H19Cl2N3O2S/c1-13-17(14(2)24(23-13)16-6-4-3-5-7-16)11-22-27(25,26)12-15-8-9-18(20)19(21)10-15/h3-10,22H,11-12H2,1-2H3. The van der Waals surface area contributed by atoms with E-state index in [1.165, 1.54) is 0 Å². The second-order valence-corrected chi connectivity index (χ2v) is 8.85. The van der Waals surface area contributed by atoms with Crippen LogP contribution in [0.2, 0.25) is 10.0 Å². The molecule has 0 atom stereocenters. The molecule has 0 unspecified atom stereocenters. The van der Waals surface area contributed by atoms with Crippen LogP contribution in [-0.4, -0.2) is 18.2 Å². The van der Waals surface area contributed by atoms with Crippen molar-refractivity contribution in [2.75, 3.05) is 0 Å². The van der Waals surface area contributed by atoms with Crippen molar-refractivity contribution in [3.05, 3.63) is 81.1 Å². The molecule has 0 fully saturated rings. The van der Waals surface area contributed by atoms with Gasteiger partial charge in [0.15, 0.2) is 0 Å². The number of halogens is 2. The Labute approximate surface area is 169 Å². The molecule has 0 amide bonds. The number of rotatable bonds is 6. The smallest absolute Gasteiger partial charge is 0.216 e. The average Bonchev–Trinajstić information content (AvgIpc) is 2.91. The lowest BCUT2D eigenvalue weighted by Crippen LogP contribution is -2.25. The van der Waals surface area contributed by atoms with E-state index in [0.717, 1.165) is 22.6 Å². The molecule has 5 nitrogen and oxygen atoms in total. The van der Waals surface area contributed by atoms with Gasteiger partial charge in [0, 0.05) is 17.8 Å². The Hall–Kier alpha value is -1.86. The minimum atomic E-state index is -3.54. The molecule has 0 saturated carbocycles. The second-order valence-electron chi connectivity index (χ2n) is 6.23. The summed E-state index contributed by atoms with van der Waals surface area (Å²) < 4.78 is 29.4. The summed E-state index contributed by atoms with van der Waals surface area (Å²) in [5, 5.41) is 5.26. The Balaban J connectivity index is 1.76. The van der Waals surface area contributed by atoms with Gasteiger partial charge in [0.05, 0.1) is 27.2 Å². The summed E-state index contributed by atoms with van der Waals surface area (Å²) in [6, 6.07) is 14.5. The number of aromatic nitrogens is 2. The highest BCUT2D eigenvalue weighted by atomic mass is 35.5. The molecular weight excluding hydrogens is 405 g/mol. The van der Waals surface area contributed by atoms with Gasteiger partial charge in [-0.3, -0.25) is 0 Å². The van der Waals surface area contributed by atoms with Gasteiger partial charge >= 0.3 is 0 Å². The van der Waals surface area contributed by atoms with Gasteiger partial charge in [-0.05, 0) is 43.7 Å². The van der Waals surface area contributed by atoms with E-state index in [4.69, 9.17) is 23.2 Å². The zero-order valence-corrected chi connectivity index (χ0v) is 17.2. The van der Waals surface area contributed by atoms with Gasteiger partial charge in [0.2, 0.25) is 10.0 Å². The van der Waals surface area contributed by atoms with E-state index in [0.29, 0.717) is 15.6 Å². The number of hydrogen-bond acceptors (Lipinski definition) is 3. The van der Waals surface area contributed by atoms with Gasteiger partial charge in [0.1, 0.15) is 0 Å². The van der Waals surface area contributed by atoms with Gasteiger partial charge in [-0.1, -0.05) is 47.5 Å². The predicted octanol–water partition coefficient (Wildman–Crippen LogP) is 4.42. The van der Waals surface area contributed by atoms with Crippen LogP contribution >= 0.6 is 23.2 Å². The van der Waals surface area contributed by atoms with Crippen LogP contribution in [-0.2, 0) is 22.3 Å². The van der Waals surface area contributed by atoms with Crippen LogP contribution in [0.5, 0.6) is 0 Å². The molecule has 27 heavy (non-hydrogen) atoms. The third-order valence-corrected chi connectivity index (χ3v) is 6.29. The maximum atomic E-state index is 12.5. The minimum absolute atomic E-state index is 0.172. The van der Waals surface area contributed by atoms with Gasteiger partial charge in [-0.15, -0.1) is 0 Å². The lowest BCUT2D eigenvalue weighted by atomic mass is 10.2. The van der Waals surface area contributed by atoms with E-state index in [2.05, 4.69) is 9.82 Å². The van der Waals surface area contributed by atoms with E-state index in [9.17, 15) is 8.42 Å². The summed E-state index contributed by atoms with van der Waals surface area (Å²) in [6.45, 7) is 3.97. The highest BCUT2D eigenvalue weighted by molar-refractivity contribution is 7.88. The fourth-order valence-electron chi connectivity index (χ4n) is 2.83. The van der Waals surface area contributed by atoms with Crippen molar-refractivity contribution in [1.29, 1.82) is 0 Å². The molecule has 0 aliphatic heterocycles. The maximum Gasteiger partial charge on any atom is 0.216 e. The number of para-hydroxylation sites is 1. The van der Waals surface area contributed by atoms with E-state index in [1.807, 2.05) is 48.9 Å². The van der Waals surface area contributed by atoms with Crippen molar-refractivity contribution in [2.24, 2.45) is 0 Å². The molecule has 2 aromatic carbocycles. The summed E-state index contributed by atoms with van der Waals surface area (Å²) in [5.74, 6) is -0.172. The number of benzene rings is 2. The summed E-state index contributed by atoms with van der Waals surface area (Å²) in [4.78, 5) is 0. The van der Waals surface area contributed by atoms with Gasteiger partial charge in [-0.25, -0.2) is 17.8 Å². The zero-order valence-electron chi connectivity index (χ0n) is 14.9. The number of nitrogens with zero attached hydrogens (tertiary/aromatic N) is 2. The highest BCUT2D eigenvalue weighted by Gasteiger charge is 2.17. The van der Waals surface area contributed by atoms with E-state index in [-0.39, 0.29) is 12.3 Å². The molecule has 1 heterocycles. The molecule has 0 bridgehead atoms. The fourth-order valence-corrected chi connectivity index (χ4v) is 4.24. The van der Waals surface area contributed by atoms with Crippen LogP contribution in [0.4, 0.5) is 0 Å². The largest absolute Gasteiger partial charge is 0.238 e. The molecule has 3 rings (SSSR count). The normalized spacial score (nSPS) is 11.7. The summed E-state index contributed by atoms with van der Waals surface area (Å²) >= 11 is 11.8. The van der Waals surface area contributed by atoms with Gasteiger partial charge in [0.25, 0.3) is 0 Å². The SMILES string of the molecule is Cc1nn(-c2ccccc2)c(C)c1CNS(=O)(=O)Cc1ccc(Cl)c(Cl)c1. The maximum absolute atomic E-state index is 12.5. The number of aryl methyl sites for hydroxylation is 1. The first kappa shape index (κ1) is 19.9. The molecule has 1 N–H and O–H groups in total. The molecule has 142 valence electrons. The number of hydrogen-bond donors (Lipinski definition) is 1. The van der Waals surface area contributed by atoms with Crippen LogP contribution in [0.15, 0.2) is 48.5 Å². The third kappa shape index (κ3) is 4.71. The zero-order chi connectivity index (χ0) is 19.6.